The lowest BCUT2D eigenvalue weighted by Gasteiger charge is -2.07. The Morgan fingerprint density at radius 2 is 2.26 bits per heavy atom. The van der Waals surface area contributed by atoms with Crippen LogP contribution >= 0.6 is 11.6 Å². The molecule has 0 aromatic carbocycles. The van der Waals surface area contributed by atoms with Gasteiger partial charge in [0, 0.05) is 24.7 Å². The number of rotatable bonds is 5. The lowest BCUT2D eigenvalue weighted by Crippen LogP contribution is -2.12. The van der Waals surface area contributed by atoms with Gasteiger partial charge in [-0.05, 0) is 25.3 Å². The van der Waals surface area contributed by atoms with Gasteiger partial charge in [-0.3, -0.25) is 4.68 Å². The molecule has 0 spiro atoms. The van der Waals surface area contributed by atoms with Crippen molar-refractivity contribution in [2.24, 2.45) is 0 Å². The van der Waals surface area contributed by atoms with E-state index in [9.17, 15) is 0 Å². The van der Waals surface area contributed by atoms with Crippen molar-refractivity contribution in [1.29, 1.82) is 0 Å². The van der Waals surface area contributed by atoms with E-state index in [1.165, 1.54) is 18.4 Å². The maximum Gasteiger partial charge on any atom is 0.135 e. The van der Waals surface area contributed by atoms with E-state index in [0.717, 1.165) is 24.7 Å². The molecular weight excluding hydrogens is 262 g/mol. The molecular formula is C13H16ClN5. The van der Waals surface area contributed by atoms with E-state index in [2.05, 4.69) is 20.4 Å². The molecule has 0 aliphatic heterocycles. The van der Waals surface area contributed by atoms with Crippen molar-refractivity contribution in [3.8, 4) is 0 Å². The predicted molar refractivity (Wildman–Crippen MR) is 74.5 cm³/mol. The zero-order valence-electron chi connectivity index (χ0n) is 10.8. The van der Waals surface area contributed by atoms with Gasteiger partial charge in [-0.25, -0.2) is 9.97 Å². The minimum Gasteiger partial charge on any atom is -0.368 e. The summed E-state index contributed by atoms with van der Waals surface area (Å²) in [5.74, 6) is 2.17. The lowest BCUT2D eigenvalue weighted by atomic mass is 10.4. The highest BCUT2D eigenvalue weighted by atomic mass is 35.5. The van der Waals surface area contributed by atoms with Crippen LogP contribution in [-0.2, 0) is 6.54 Å². The van der Waals surface area contributed by atoms with Crippen molar-refractivity contribution in [3.05, 3.63) is 35.0 Å². The van der Waals surface area contributed by atoms with Crippen LogP contribution in [0.15, 0.2) is 18.5 Å². The van der Waals surface area contributed by atoms with Crippen molar-refractivity contribution in [2.45, 2.75) is 32.2 Å². The summed E-state index contributed by atoms with van der Waals surface area (Å²) in [5.41, 5.74) is 1.17. The van der Waals surface area contributed by atoms with Gasteiger partial charge >= 0.3 is 0 Å². The Kier molecular flexibility index (Phi) is 3.38. The molecule has 2 aromatic rings. The van der Waals surface area contributed by atoms with Gasteiger partial charge in [0.05, 0.1) is 12.7 Å². The van der Waals surface area contributed by atoms with Gasteiger partial charge in [0.25, 0.3) is 0 Å². The number of anilines is 1. The average molecular weight is 278 g/mol. The molecule has 0 bridgehead atoms. The third-order valence-electron chi connectivity index (χ3n) is 3.06. The highest BCUT2D eigenvalue weighted by Gasteiger charge is 2.27. The van der Waals surface area contributed by atoms with E-state index in [-0.39, 0.29) is 0 Å². The third kappa shape index (κ3) is 3.23. The Bertz CT molecular complexity index is 576. The topological polar surface area (TPSA) is 55.6 Å². The zero-order valence-corrected chi connectivity index (χ0v) is 11.6. The van der Waals surface area contributed by atoms with Gasteiger partial charge in [0.2, 0.25) is 0 Å². The summed E-state index contributed by atoms with van der Waals surface area (Å²) in [6.07, 6.45) is 6.22. The fourth-order valence-corrected chi connectivity index (χ4v) is 2.13. The van der Waals surface area contributed by atoms with Crippen LogP contribution in [0.1, 0.15) is 30.1 Å². The number of nitrogens with one attached hydrogen (secondary N) is 1. The molecule has 0 amide bonds. The second-order valence-corrected chi connectivity index (χ2v) is 5.30. The Labute approximate surface area is 117 Å². The standard InChI is InChI=1S/C13H16ClN5/c1-9-7-16-19(8-9)5-4-15-12-6-11(14)17-13(18-12)10-2-3-10/h6-8,10H,2-5H2,1H3,(H,15,17,18). The molecule has 0 radical (unpaired) electrons. The summed E-state index contributed by atoms with van der Waals surface area (Å²) in [6.45, 7) is 3.59. The highest BCUT2D eigenvalue weighted by Crippen LogP contribution is 2.38. The number of aryl methyl sites for hydroxylation is 1. The molecule has 1 saturated carbocycles. The van der Waals surface area contributed by atoms with Crippen LogP contribution in [0, 0.1) is 6.92 Å². The smallest absolute Gasteiger partial charge is 0.135 e. The molecule has 3 rings (SSSR count). The summed E-state index contributed by atoms with van der Waals surface area (Å²) >= 11 is 6.01. The first-order valence-corrected chi connectivity index (χ1v) is 6.86. The third-order valence-corrected chi connectivity index (χ3v) is 3.26. The Balaban J connectivity index is 1.60. The van der Waals surface area contributed by atoms with E-state index in [1.807, 2.05) is 24.0 Å². The monoisotopic (exact) mass is 277 g/mol. The largest absolute Gasteiger partial charge is 0.368 e. The Morgan fingerprint density at radius 3 is 2.95 bits per heavy atom. The fraction of sp³-hybridized carbons (Fsp3) is 0.462. The lowest BCUT2D eigenvalue weighted by molar-refractivity contribution is 0.636. The molecule has 1 fully saturated rings. The molecule has 100 valence electrons. The molecule has 19 heavy (non-hydrogen) atoms. The van der Waals surface area contributed by atoms with Crippen molar-refractivity contribution in [2.75, 3.05) is 11.9 Å². The van der Waals surface area contributed by atoms with E-state index in [1.54, 1.807) is 6.07 Å². The number of nitrogens with zero attached hydrogens (tertiary/aromatic N) is 4. The number of aromatic nitrogens is 4. The quantitative estimate of drug-likeness (QED) is 0.854. The average Bonchev–Trinajstić information content (AvgIpc) is 3.13. The first kappa shape index (κ1) is 12.4. The number of hydrogen-bond acceptors (Lipinski definition) is 4. The molecule has 0 saturated heterocycles. The van der Waals surface area contributed by atoms with E-state index >= 15 is 0 Å². The normalized spacial score (nSPS) is 14.6. The molecule has 6 heteroatoms. The zero-order chi connectivity index (χ0) is 13.2. The van der Waals surface area contributed by atoms with Gasteiger partial charge in [0.1, 0.15) is 16.8 Å². The number of hydrogen-bond donors (Lipinski definition) is 1. The van der Waals surface area contributed by atoms with Gasteiger partial charge in [-0.1, -0.05) is 11.6 Å². The first-order chi connectivity index (χ1) is 9.20. The van der Waals surface area contributed by atoms with Crippen LogP contribution in [0.3, 0.4) is 0 Å². The van der Waals surface area contributed by atoms with Crippen LogP contribution in [0.5, 0.6) is 0 Å². The van der Waals surface area contributed by atoms with E-state index < -0.39 is 0 Å². The Morgan fingerprint density at radius 1 is 1.42 bits per heavy atom. The molecule has 1 aliphatic carbocycles. The summed E-state index contributed by atoms with van der Waals surface area (Å²) in [7, 11) is 0. The fourth-order valence-electron chi connectivity index (χ4n) is 1.94. The molecule has 0 unspecified atom stereocenters. The van der Waals surface area contributed by atoms with Gasteiger partial charge in [-0.2, -0.15) is 5.10 Å². The predicted octanol–water partition coefficient (Wildman–Crippen LogP) is 2.62. The van der Waals surface area contributed by atoms with Crippen LogP contribution in [0.2, 0.25) is 5.15 Å². The second kappa shape index (κ2) is 5.17. The van der Waals surface area contributed by atoms with Gasteiger partial charge in [-0.15, -0.1) is 0 Å². The van der Waals surface area contributed by atoms with Crippen molar-refractivity contribution in [1.82, 2.24) is 19.7 Å². The van der Waals surface area contributed by atoms with Gasteiger partial charge < -0.3 is 5.32 Å². The van der Waals surface area contributed by atoms with E-state index in [0.29, 0.717) is 11.1 Å². The molecule has 1 N–H and O–H groups in total. The number of halogens is 1. The molecule has 2 heterocycles. The maximum absolute atomic E-state index is 6.01. The summed E-state index contributed by atoms with van der Waals surface area (Å²) in [5, 5.41) is 8.02. The Hall–Kier alpha value is -1.62. The second-order valence-electron chi connectivity index (χ2n) is 4.92. The minimum atomic E-state index is 0.507. The molecule has 0 atom stereocenters. The van der Waals surface area contributed by atoms with Crippen molar-refractivity contribution >= 4 is 17.4 Å². The van der Waals surface area contributed by atoms with Crippen LogP contribution < -0.4 is 5.32 Å². The van der Waals surface area contributed by atoms with E-state index in [4.69, 9.17) is 11.6 Å². The van der Waals surface area contributed by atoms with Crippen LogP contribution in [0.25, 0.3) is 0 Å². The highest BCUT2D eigenvalue weighted by molar-refractivity contribution is 6.29. The SMILES string of the molecule is Cc1cnn(CCNc2cc(Cl)nc(C3CC3)n2)c1. The summed E-state index contributed by atoms with van der Waals surface area (Å²) in [4.78, 5) is 8.76. The summed E-state index contributed by atoms with van der Waals surface area (Å²) in [6, 6.07) is 1.77. The van der Waals surface area contributed by atoms with Crippen LogP contribution in [-0.4, -0.2) is 26.3 Å². The van der Waals surface area contributed by atoms with Crippen molar-refractivity contribution in [3.63, 3.8) is 0 Å². The van der Waals surface area contributed by atoms with Crippen LogP contribution in [0.4, 0.5) is 5.82 Å². The minimum absolute atomic E-state index is 0.507. The molecule has 1 aliphatic rings. The molecule has 2 aromatic heterocycles. The molecule has 5 nitrogen and oxygen atoms in total. The summed E-state index contributed by atoms with van der Waals surface area (Å²) < 4.78 is 1.91. The first-order valence-electron chi connectivity index (χ1n) is 6.48. The van der Waals surface area contributed by atoms with Gasteiger partial charge in [0.15, 0.2) is 0 Å². The maximum atomic E-state index is 6.01. The van der Waals surface area contributed by atoms with Crippen molar-refractivity contribution < 1.29 is 0 Å².